The van der Waals surface area contributed by atoms with Gasteiger partial charge in [0.05, 0.1) is 5.41 Å². The van der Waals surface area contributed by atoms with Crippen LogP contribution in [0.3, 0.4) is 0 Å². The second kappa shape index (κ2) is 4.82. The maximum atomic E-state index is 11.0. The lowest BCUT2D eigenvalue weighted by Gasteiger charge is -2.22. The van der Waals surface area contributed by atoms with Gasteiger partial charge in [-0.05, 0) is 25.5 Å². The Bertz CT molecular complexity index is 321. The molecule has 3 heteroatoms. The van der Waals surface area contributed by atoms with Crippen molar-refractivity contribution in [3.63, 3.8) is 0 Å². The van der Waals surface area contributed by atoms with Crippen LogP contribution in [0.2, 0.25) is 0 Å². The van der Waals surface area contributed by atoms with E-state index in [0.717, 1.165) is 0 Å². The van der Waals surface area contributed by atoms with E-state index in [4.69, 9.17) is 9.84 Å². The second-order valence-corrected chi connectivity index (χ2v) is 3.82. The Morgan fingerprint density at radius 3 is 2.47 bits per heavy atom. The van der Waals surface area contributed by atoms with E-state index < -0.39 is 11.4 Å². The molecular weight excluding hydrogens is 192 g/mol. The van der Waals surface area contributed by atoms with Crippen LogP contribution in [-0.4, -0.2) is 17.7 Å². The van der Waals surface area contributed by atoms with Crippen molar-refractivity contribution in [1.82, 2.24) is 0 Å². The smallest absolute Gasteiger partial charge is 0.312 e. The van der Waals surface area contributed by atoms with E-state index in [0.29, 0.717) is 12.2 Å². The molecule has 3 nitrogen and oxygen atoms in total. The summed E-state index contributed by atoms with van der Waals surface area (Å²) < 4.78 is 5.44. The highest BCUT2D eigenvalue weighted by atomic mass is 16.5. The summed E-state index contributed by atoms with van der Waals surface area (Å²) in [5.41, 5.74) is -0.810. The molecule has 0 aliphatic carbocycles. The lowest BCUT2D eigenvalue weighted by Crippen LogP contribution is -2.33. The van der Waals surface area contributed by atoms with E-state index in [1.165, 1.54) is 0 Å². The van der Waals surface area contributed by atoms with Crippen molar-refractivity contribution >= 4 is 5.97 Å². The Hall–Kier alpha value is -1.51. The standard InChI is InChI=1S/C12H16O3/c1-3-12(2,11(13)14)9-15-10-7-5-4-6-8-10/h4-8H,3,9H2,1-2H3,(H,13,14). The highest BCUT2D eigenvalue weighted by molar-refractivity contribution is 5.74. The highest BCUT2D eigenvalue weighted by Gasteiger charge is 2.32. The number of rotatable bonds is 5. The summed E-state index contributed by atoms with van der Waals surface area (Å²) in [4.78, 5) is 11.0. The van der Waals surface area contributed by atoms with Gasteiger partial charge in [-0.25, -0.2) is 0 Å². The molecule has 0 saturated heterocycles. The van der Waals surface area contributed by atoms with Crippen molar-refractivity contribution in [2.75, 3.05) is 6.61 Å². The van der Waals surface area contributed by atoms with Gasteiger partial charge in [0.2, 0.25) is 0 Å². The third-order valence-electron chi connectivity index (χ3n) is 2.60. The molecule has 82 valence electrons. The third-order valence-corrected chi connectivity index (χ3v) is 2.60. The number of para-hydroxylation sites is 1. The van der Waals surface area contributed by atoms with Gasteiger partial charge in [0.1, 0.15) is 12.4 Å². The van der Waals surface area contributed by atoms with Crippen LogP contribution in [0.1, 0.15) is 20.3 Å². The van der Waals surface area contributed by atoms with Crippen LogP contribution in [0.15, 0.2) is 30.3 Å². The van der Waals surface area contributed by atoms with Crippen LogP contribution in [0.5, 0.6) is 5.75 Å². The number of aliphatic carboxylic acids is 1. The quantitative estimate of drug-likeness (QED) is 0.808. The average molecular weight is 208 g/mol. The van der Waals surface area contributed by atoms with E-state index in [1.807, 2.05) is 37.3 Å². The predicted molar refractivity (Wildman–Crippen MR) is 58.0 cm³/mol. The fraction of sp³-hybridized carbons (Fsp3) is 0.417. The summed E-state index contributed by atoms with van der Waals surface area (Å²) in [6.45, 7) is 3.74. The Balaban J connectivity index is 2.59. The average Bonchev–Trinajstić information content (AvgIpc) is 2.27. The first kappa shape index (κ1) is 11.6. The van der Waals surface area contributed by atoms with Crippen molar-refractivity contribution < 1.29 is 14.6 Å². The summed E-state index contributed by atoms with van der Waals surface area (Å²) in [5, 5.41) is 9.03. The maximum Gasteiger partial charge on any atom is 0.312 e. The van der Waals surface area contributed by atoms with Gasteiger partial charge in [0, 0.05) is 0 Å². The number of carboxylic acid groups (broad SMARTS) is 1. The molecule has 1 unspecified atom stereocenters. The van der Waals surface area contributed by atoms with E-state index in [1.54, 1.807) is 6.92 Å². The number of benzene rings is 1. The number of ether oxygens (including phenoxy) is 1. The zero-order valence-electron chi connectivity index (χ0n) is 9.06. The fourth-order valence-electron chi connectivity index (χ4n) is 1.07. The van der Waals surface area contributed by atoms with Crippen LogP contribution < -0.4 is 4.74 Å². The lowest BCUT2D eigenvalue weighted by atomic mass is 9.89. The minimum Gasteiger partial charge on any atom is -0.492 e. The van der Waals surface area contributed by atoms with E-state index >= 15 is 0 Å². The Labute approximate surface area is 89.7 Å². The largest absolute Gasteiger partial charge is 0.492 e. The fourth-order valence-corrected chi connectivity index (χ4v) is 1.07. The van der Waals surface area contributed by atoms with Gasteiger partial charge < -0.3 is 9.84 Å². The summed E-state index contributed by atoms with van der Waals surface area (Å²) in [6, 6.07) is 9.25. The molecule has 0 amide bonds. The topological polar surface area (TPSA) is 46.5 Å². The molecule has 0 aliphatic heterocycles. The highest BCUT2D eigenvalue weighted by Crippen LogP contribution is 2.23. The Kier molecular flexibility index (Phi) is 3.72. The van der Waals surface area contributed by atoms with Gasteiger partial charge in [-0.3, -0.25) is 4.79 Å². The van der Waals surface area contributed by atoms with Crippen molar-refractivity contribution in [1.29, 1.82) is 0 Å². The molecule has 0 fully saturated rings. The minimum absolute atomic E-state index is 0.197. The lowest BCUT2D eigenvalue weighted by molar-refractivity contribution is -0.149. The van der Waals surface area contributed by atoms with Crippen LogP contribution in [0, 0.1) is 5.41 Å². The molecule has 1 aromatic rings. The Morgan fingerprint density at radius 1 is 1.40 bits per heavy atom. The molecule has 15 heavy (non-hydrogen) atoms. The molecule has 1 N–H and O–H groups in total. The van der Waals surface area contributed by atoms with Gasteiger partial charge in [0.15, 0.2) is 0 Å². The Morgan fingerprint density at radius 2 is 2.00 bits per heavy atom. The molecule has 0 aromatic heterocycles. The third kappa shape index (κ3) is 2.98. The SMILES string of the molecule is CCC(C)(COc1ccccc1)C(=O)O. The number of carboxylic acids is 1. The number of carbonyl (C=O) groups is 1. The van der Waals surface area contributed by atoms with Crippen molar-refractivity contribution in [2.24, 2.45) is 5.41 Å². The zero-order valence-corrected chi connectivity index (χ0v) is 9.06. The van der Waals surface area contributed by atoms with Crippen LogP contribution in [0.4, 0.5) is 0 Å². The first-order chi connectivity index (χ1) is 7.08. The maximum absolute atomic E-state index is 11.0. The second-order valence-electron chi connectivity index (χ2n) is 3.82. The molecule has 1 aromatic carbocycles. The van der Waals surface area contributed by atoms with Gasteiger partial charge in [-0.2, -0.15) is 0 Å². The molecule has 1 rings (SSSR count). The molecule has 0 heterocycles. The van der Waals surface area contributed by atoms with E-state index in [9.17, 15) is 4.79 Å². The van der Waals surface area contributed by atoms with Crippen molar-refractivity contribution in [2.45, 2.75) is 20.3 Å². The van der Waals surface area contributed by atoms with Gasteiger partial charge in [-0.1, -0.05) is 25.1 Å². The molecule has 0 bridgehead atoms. The van der Waals surface area contributed by atoms with E-state index in [2.05, 4.69) is 0 Å². The number of hydrogen-bond acceptors (Lipinski definition) is 2. The molecule has 1 atom stereocenters. The van der Waals surface area contributed by atoms with Crippen molar-refractivity contribution in [3.8, 4) is 5.75 Å². The predicted octanol–water partition coefficient (Wildman–Crippen LogP) is 2.57. The number of hydrogen-bond donors (Lipinski definition) is 1. The summed E-state index contributed by atoms with van der Waals surface area (Å²) in [6.07, 6.45) is 0.551. The molecule has 0 radical (unpaired) electrons. The van der Waals surface area contributed by atoms with Gasteiger partial charge >= 0.3 is 5.97 Å². The van der Waals surface area contributed by atoms with E-state index in [-0.39, 0.29) is 6.61 Å². The van der Waals surface area contributed by atoms with Gasteiger partial charge in [0.25, 0.3) is 0 Å². The summed E-state index contributed by atoms with van der Waals surface area (Å²) in [7, 11) is 0. The van der Waals surface area contributed by atoms with Crippen LogP contribution in [-0.2, 0) is 4.79 Å². The zero-order chi connectivity index (χ0) is 11.3. The van der Waals surface area contributed by atoms with Crippen molar-refractivity contribution in [3.05, 3.63) is 30.3 Å². The molecule has 0 spiro atoms. The molecule has 0 saturated carbocycles. The normalized spacial score (nSPS) is 14.3. The summed E-state index contributed by atoms with van der Waals surface area (Å²) in [5.74, 6) is -0.112. The first-order valence-corrected chi connectivity index (χ1v) is 5.00. The minimum atomic E-state index is -0.819. The molecular formula is C12H16O3. The summed E-state index contributed by atoms with van der Waals surface area (Å²) >= 11 is 0. The first-order valence-electron chi connectivity index (χ1n) is 5.00. The monoisotopic (exact) mass is 208 g/mol. The molecule has 0 aliphatic rings. The van der Waals surface area contributed by atoms with Crippen LogP contribution in [0.25, 0.3) is 0 Å². The van der Waals surface area contributed by atoms with Crippen LogP contribution >= 0.6 is 0 Å². The van der Waals surface area contributed by atoms with Gasteiger partial charge in [-0.15, -0.1) is 0 Å².